The Morgan fingerprint density at radius 3 is 2.94 bits per heavy atom. The molecule has 3 unspecified atom stereocenters. The molecule has 94 valence electrons. The maximum Gasteiger partial charge on any atom is 0.147 e. The van der Waals surface area contributed by atoms with E-state index < -0.39 is 0 Å². The van der Waals surface area contributed by atoms with E-state index in [0.717, 1.165) is 19.5 Å². The number of piperidine rings is 1. The summed E-state index contributed by atoms with van der Waals surface area (Å²) >= 11 is 0. The second-order valence-corrected chi connectivity index (χ2v) is 5.20. The van der Waals surface area contributed by atoms with Gasteiger partial charge in [-0.2, -0.15) is 5.26 Å². The topological polar surface area (TPSA) is 39.1 Å². The number of nitriles is 1. The van der Waals surface area contributed by atoms with Gasteiger partial charge in [0.15, 0.2) is 0 Å². The second kappa shape index (κ2) is 4.58. The Morgan fingerprint density at radius 1 is 1.33 bits per heavy atom. The molecule has 1 aromatic carbocycles. The number of halogens is 1. The lowest BCUT2D eigenvalue weighted by Gasteiger charge is -2.31. The van der Waals surface area contributed by atoms with Gasteiger partial charge in [-0.3, -0.25) is 0 Å². The predicted octanol–water partition coefficient (Wildman–Crippen LogP) is 2.20. The Kier molecular flexibility index (Phi) is 2.92. The third kappa shape index (κ3) is 2.06. The van der Waals surface area contributed by atoms with Crippen LogP contribution in [-0.4, -0.2) is 30.6 Å². The first-order valence-corrected chi connectivity index (χ1v) is 6.45. The van der Waals surface area contributed by atoms with Crippen LogP contribution in [0, 0.1) is 23.1 Å². The number of nitrogens with zero attached hydrogens (tertiary/aromatic N) is 2. The predicted molar refractivity (Wildman–Crippen MR) is 67.7 cm³/mol. The molecule has 2 fully saturated rings. The summed E-state index contributed by atoms with van der Waals surface area (Å²) in [6, 6.07) is 6.95. The SMILES string of the molecule is N#Cc1ccc(NC2CCN3CCC2C3)c(F)c1. The highest BCUT2D eigenvalue weighted by Gasteiger charge is 2.34. The highest BCUT2D eigenvalue weighted by atomic mass is 19.1. The Morgan fingerprint density at radius 2 is 2.17 bits per heavy atom. The highest BCUT2D eigenvalue weighted by Crippen LogP contribution is 2.30. The molecule has 2 saturated heterocycles. The van der Waals surface area contributed by atoms with Crippen LogP contribution in [-0.2, 0) is 0 Å². The van der Waals surface area contributed by atoms with E-state index in [9.17, 15) is 4.39 Å². The van der Waals surface area contributed by atoms with Crippen molar-refractivity contribution in [3.05, 3.63) is 29.6 Å². The smallest absolute Gasteiger partial charge is 0.147 e. The van der Waals surface area contributed by atoms with Gasteiger partial charge >= 0.3 is 0 Å². The van der Waals surface area contributed by atoms with Crippen molar-refractivity contribution in [2.24, 2.45) is 5.92 Å². The highest BCUT2D eigenvalue weighted by molar-refractivity contribution is 5.49. The van der Waals surface area contributed by atoms with Gasteiger partial charge in [0.05, 0.1) is 17.3 Å². The van der Waals surface area contributed by atoms with Gasteiger partial charge in [-0.05, 0) is 43.5 Å². The normalized spacial score (nSPS) is 29.9. The number of anilines is 1. The molecule has 1 N–H and O–H groups in total. The Hall–Kier alpha value is -1.60. The van der Waals surface area contributed by atoms with E-state index in [1.165, 1.54) is 19.0 Å². The monoisotopic (exact) mass is 245 g/mol. The zero-order chi connectivity index (χ0) is 12.5. The molecule has 2 heterocycles. The summed E-state index contributed by atoms with van der Waals surface area (Å²) in [5, 5.41) is 12.0. The standard InChI is InChI=1S/C14H16FN3/c15-12-7-10(8-16)1-2-14(12)17-13-4-6-18-5-3-11(13)9-18/h1-2,7,11,13,17H,3-6,9H2. The third-order valence-corrected chi connectivity index (χ3v) is 4.07. The minimum Gasteiger partial charge on any atom is -0.380 e. The Labute approximate surface area is 106 Å². The van der Waals surface area contributed by atoms with Gasteiger partial charge in [0.2, 0.25) is 0 Å². The first kappa shape index (κ1) is 11.5. The van der Waals surface area contributed by atoms with E-state index in [1.54, 1.807) is 12.1 Å². The van der Waals surface area contributed by atoms with Gasteiger partial charge in [0, 0.05) is 19.1 Å². The summed E-state index contributed by atoms with van der Waals surface area (Å²) in [6.45, 7) is 3.42. The lowest BCUT2D eigenvalue weighted by molar-refractivity contribution is 0.254. The quantitative estimate of drug-likeness (QED) is 0.868. The van der Waals surface area contributed by atoms with E-state index in [-0.39, 0.29) is 5.82 Å². The number of hydrogen-bond acceptors (Lipinski definition) is 3. The van der Waals surface area contributed by atoms with Gasteiger partial charge in [-0.15, -0.1) is 0 Å². The van der Waals surface area contributed by atoms with Crippen LogP contribution in [0.15, 0.2) is 18.2 Å². The van der Waals surface area contributed by atoms with Gasteiger partial charge in [-0.25, -0.2) is 4.39 Å². The molecule has 3 nitrogen and oxygen atoms in total. The van der Waals surface area contributed by atoms with Crippen LogP contribution in [0.25, 0.3) is 0 Å². The van der Waals surface area contributed by atoms with E-state index in [0.29, 0.717) is 23.2 Å². The van der Waals surface area contributed by atoms with E-state index in [2.05, 4.69) is 10.2 Å². The molecule has 18 heavy (non-hydrogen) atoms. The molecular formula is C14H16FN3. The van der Waals surface area contributed by atoms with Crippen LogP contribution in [0.4, 0.5) is 10.1 Å². The van der Waals surface area contributed by atoms with E-state index >= 15 is 0 Å². The summed E-state index contributed by atoms with van der Waals surface area (Å²) < 4.78 is 13.8. The first-order chi connectivity index (χ1) is 8.76. The van der Waals surface area contributed by atoms with E-state index in [1.807, 2.05) is 6.07 Å². The first-order valence-electron chi connectivity index (χ1n) is 6.45. The molecule has 2 aliphatic rings. The summed E-state index contributed by atoms with van der Waals surface area (Å²) in [4.78, 5) is 2.47. The molecule has 3 rings (SSSR count). The lowest BCUT2D eigenvalue weighted by Crippen LogP contribution is -2.39. The molecule has 0 saturated carbocycles. The van der Waals surface area contributed by atoms with Crippen molar-refractivity contribution in [3.8, 4) is 6.07 Å². The van der Waals surface area contributed by atoms with Gasteiger partial charge in [-0.1, -0.05) is 0 Å². The summed E-state index contributed by atoms with van der Waals surface area (Å²) in [5.41, 5.74) is 0.896. The van der Waals surface area contributed by atoms with Gasteiger partial charge < -0.3 is 10.2 Å². The molecule has 1 aromatic rings. The number of hydrogen-bond donors (Lipinski definition) is 1. The van der Waals surface area contributed by atoms with Crippen molar-refractivity contribution in [2.45, 2.75) is 18.9 Å². The number of nitrogens with one attached hydrogen (secondary N) is 1. The van der Waals surface area contributed by atoms with Crippen molar-refractivity contribution in [3.63, 3.8) is 0 Å². The van der Waals surface area contributed by atoms with Crippen LogP contribution >= 0.6 is 0 Å². The molecule has 0 radical (unpaired) electrons. The maximum absolute atomic E-state index is 13.8. The van der Waals surface area contributed by atoms with Crippen molar-refractivity contribution in [1.82, 2.24) is 4.90 Å². The zero-order valence-electron chi connectivity index (χ0n) is 10.2. The zero-order valence-corrected chi connectivity index (χ0v) is 10.2. The largest absolute Gasteiger partial charge is 0.380 e. The molecule has 0 amide bonds. The van der Waals surface area contributed by atoms with Gasteiger partial charge in [0.25, 0.3) is 0 Å². The molecule has 2 aliphatic heterocycles. The average Bonchev–Trinajstić information content (AvgIpc) is 2.77. The van der Waals surface area contributed by atoms with E-state index in [4.69, 9.17) is 5.26 Å². The molecule has 0 spiro atoms. The minimum absolute atomic E-state index is 0.325. The van der Waals surface area contributed by atoms with Crippen LogP contribution in [0.2, 0.25) is 0 Å². The van der Waals surface area contributed by atoms with Crippen molar-refractivity contribution < 1.29 is 4.39 Å². The number of fused-ring (bicyclic) bond motifs is 2. The van der Waals surface area contributed by atoms with Gasteiger partial charge in [0.1, 0.15) is 5.82 Å². The Balaban J connectivity index is 1.74. The van der Waals surface area contributed by atoms with Crippen LogP contribution in [0.3, 0.4) is 0 Å². The fraction of sp³-hybridized carbons (Fsp3) is 0.500. The summed E-state index contributed by atoms with van der Waals surface area (Å²) in [5.74, 6) is 0.309. The molecule has 0 aliphatic carbocycles. The molecule has 0 aromatic heterocycles. The molecule has 2 bridgehead atoms. The maximum atomic E-state index is 13.8. The van der Waals surface area contributed by atoms with Crippen LogP contribution < -0.4 is 5.32 Å². The summed E-state index contributed by atoms with van der Waals surface area (Å²) in [6.07, 6.45) is 2.28. The lowest BCUT2D eigenvalue weighted by atomic mass is 9.94. The summed E-state index contributed by atoms with van der Waals surface area (Å²) in [7, 11) is 0. The molecule has 4 heteroatoms. The minimum atomic E-state index is -0.325. The van der Waals surface area contributed by atoms with Crippen molar-refractivity contribution in [1.29, 1.82) is 5.26 Å². The number of benzene rings is 1. The third-order valence-electron chi connectivity index (χ3n) is 4.07. The van der Waals surface area contributed by atoms with Crippen molar-refractivity contribution >= 4 is 5.69 Å². The molecule has 3 atom stereocenters. The van der Waals surface area contributed by atoms with Crippen LogP contribution in [0.1, 0.15) is 18.4 Å². The fourth-order valence-corrected chi connectivity index (χ4v) is 3.04. The second-order valence-electron chi connectivity index (χ2n) is 5.20. The Bertz CT molecular complexity index is 494. The number of rotatable bonds is 2. The van der Waals surface area contributed by atoms with Crippen LogP contribution in [0.5, 0.6) is 0 Å². The fourth-order valence-electron chi connectivity index (χ4n) is 3.04. The average molecular weight is 245 g/mol. The van der Waals surface area contributed by atoms with Crippen molar-refractivity contribution in [2.75, 3.05) is 25.0 Å². The molecular weight excluding hydrogens is 229 g/mol.